The maximum Gasteiger partial charge on any atom is 0.232 e. The second kappa shape index (κ2) is 4.81. The molecule has 0 radical (unpaired) electrons. The van der Waals surface area contributed by atoms with E-state index >= 15 is 0 Å². The van der Waals surface area contributed by atoms with Gasteiger partial charge in [0.05, 0.1) is 6.61 Å². The van der Waals surface area contributed by atoms with Crippen molar-refractivity contribution in [1.29, 1.82) is 5.26 Å². The molecule has 1 aromatic rings. The minimum Gasteiger partial charge on any atom is -0.477 e. The van der Waals surface area contributed by atoms with Crippen LogP contribution in [-0.2, 0) is 0 Å². The van der Waals surface area contributed by atoms with Gasteiger partial charge in [-0.15, -0.1) is 4.91 Å². The lowest BCUT2D eigenvalue weighted by atomic mass is 10.2. The lowest BCUT2D eigenvalue weighted by Crippen LogP contribution is -2.00. The van der Waals surface area contributed by atoms with Crippen LogP contribution in [0, 0.1) is 16.2 Å². The molecule has 0 saturated heterocycles. The smallest absolute Gasteiger partial charge is 0.232 e. The Kier molecular flexibility index (Phi) is 3.46. The molecule has 0 atom stereocenters. The molecule has 0 bridgehead atoms. The molecule has 0 fully saturated rings. The van der Waals surface area contributed by atoms with E-state index in [1.54, 1.807) is 13.0 Å². The highest BCUT2D eigenvalue weighted by Gasteiger charge is 2.12. The number of carbonyl (C=O) groups excluding carboxylic acids is 1. The number of pyridine rings is 1. The second-order valence-corrected chi connectivity index (χ2v) is 2.50. The van der Waals surface area contributed by atoms with Crippen LogP contribution in [0.2, 0.25) is 0 Å². The number of ether oxygens (including phenoxy) is 1. The van der Waals surface area contributed by atoms with Crippen molar-refractivity contribution in [2.45, 2.75) is 6.92 Å². The summed E-state index contributed by atoms with van der Waals surface area (Å²) in [4.78, 5) is 24.6. The third kappa shape index (κ3) is 2.14. The van der Waals surface area contributed by atoms with E-state index in [-0.39, 0.29) is 22.8 Å². The predicted molar refractivity (Wildman–Crippen MR) is 51.0 cm³/mol. The molecule has 6 nitrogen and oxygen atoms in total. The largest absolute Gasteiger partial charge is 0.477 e. The highest BCUT2D eigenvalue weighted by molar-refractivity contribution is 5.81. The van der Waals surface area contributed by atoms with Crippen LogP contribution < -0.4 is 4.74 Å². The first-order valence-corrected chi connectivity index (χ1v) is 4.13. The molecule has 6 heteroatoms. The van der Waals surface area contributed by atoms with Gasteiger partial charge in [-0.1, -0.05) is 0 Å². The van der Waals surface area contributed by atoms with E-state index in [2.05, 4.69) is 10.2 Å². The number of aldehydes is 1. The van der Waals surface area contributed by atoms with Crippen molar-refractivity contribution in [3.05, 3.63) is 22.2 Å². The minimum atomic E-state index is -0.162. The van der Waals surface area contributed by atoms with E-state index in [1.165, 1.54) is 6.07 Å². The Bertz CT molecular complexity index is 437. The summed E-state index contributed by atoms with van der Waals surface area (Å²) in [7, 11) is 0. The van der Waals surface area contributed by atoms with Crippen LogP contribution in [-0.4, -0.2) is 17.9 Å². The zero-order valence-corrected chi connectivity index (χ0v) is 7.93. The van der Waals surface area contributed by atoms with Gasteiger partial charge in [0.2, 0.25) is 5.88 Å². The summed E-state index contributed by atoms with van der Waals surface area (Å²) in [6.45, 7) is 2.03. The van der Waals surface area contributed by atoms with Crippen molar-refractivity contribution >= 4 is 12.0 Å². The third-order valence-electron chi connectivity index (χ3n) is 1.61. The van der Waals surface area contributed by atoms with Crippen molar-refractivity contribution in [2.24, 2.45) is 5.18 Å². The van der Waals surface area contributed by atoms with Crippen LogP contribution in [0.15, 0.2) is 11.2 Å². The van der Waals surface area contributed by atoms with E-state index in [4.69, 9.17) is 10.00 Å². The Hall–Kier alpha value is -2.29. The first kappa shape index (κ1) is 10.8. The van der Waals surface area contributed by atoms with Gasteiger partial charge in [-0.3, -0.25) is 4.79 Å². The molecule has 0 aliphatic rings. The molecule has 0 saturated carbocycles. The minimum absolute atomic E-state index is 0.0366. The zero-order valence-electron chi connectivity index (χ0n) is 7.93. The Morgan fingerprint density at radius 3 is 2.93 bits per heavy atom. The number of nitroso groups, excluding NO2 is 1. The molecule has 76 valence electrons. The molecule has 0 aromatic carbocycles. The first-order valence-electron chi connectivity index (χ1n) is 4.13. The van der Waals surface area contributed by atoms with Crippen molar-refractivity contribution in [3.8, 4) is 11.9 Å². The Morgan fingerprint density at radius 2 is 2.47 bits per heavy atom. The number of aromatic nitrogens is 1. The number of rotatable bonds is 4. The third-order valence-corrected chi connectivity index (χ3v) is 1.61. The van der Waals surface area contributed by atoms with Crippen molar-refractivity contribution in [1.82, 2.24) is 4.98 Å². The summed E-state index contributed by atoms with van der Waals surface area (Å²) >= 11 is 0. The molecule has 1 rings (SSSR count). The molecule has 0 unspecified atom stereocenters. The van der Waals surface area contributed by atoms with Crippen LogP contribution in [0.3, 0.4) is 0 Å². The summed E-state index contributed by atoms with van der Waals surface area (Å²) in [6, 6.07) is 2.98. The predicted octanol–water partition coefficient (Wildman–Crippen LogP) is 1.56. The highest BCUT2D eigenvalue weighted by atomic mass is 16.5. The summed E-state index contributed by atoms with van der Waals surface area (Å²) in [5.41, 5.74) is -0.213. The maximum absolute atomic E-state index is 10.5. The van der Waals surface area contributed by atoms with Crippen molar-refractivity contribution in [3.63, 3.8) is 0 Å². The SMILES string of the molecule is CCOc1nc(C=O)c(N=O)cc1C#N. The van der Waals surface area contributed by atoms with Crippen LogP contribution in [0.1, 0.15) is 23.0 Å². The summed E-state index contributed by atoms with van der Waals surface area (Å²) in [6.07, 6.45) is 0.389. The average molecular weight is 205 g/mol. The number of carbonyl (C=O) groups is 1. The summed E-state index contributed by atoms with van der Waals surface area (Å²) < 4.78 is 5.03. The topological polar surface area (TPSA) is 92.4 Å². The number of hydrogen-bond donors (Lipinski definition) is 0. The lowest BCUT2D eigenvalue weighted by Gasteiger charge is -2.04. The van der Waals surface area contributed by atoms with Crippen LogP contribution in [0.25, 0.3) is 0 Å². The molecule has 0 aliphatic heterocycles. The van der Waals surface area contributed by atoms with Gasteiger partial charge in [0.25, 0.3) is 0 Å². The van der Waals surface area contributed by atoms with Crippen LogP contribution in [0.5, 0.6) is 5.88 Å². The van der Waals surface area contributed by atoms with Gasteiger partial charge >= 0.3 is 0 Å². The monoisotopic (exact) mass is 205 g/mol. The molecule has 0 aliphatic carbocycles. The fraction of sp³-hybridized carbons (Fsp3) is 0.222. The quantitative estimate of drug-likeness (QED) is 0.549. The standard InChI is InChI=1S/C9H7N3O3/c1-2-15-9-6(4-10)3-7(12-14)8(5-13)11-9/h3,5H,2H2,1H3. The Morgan fingerprint density at radius 1 is 1.73 bits per heavy atom. The number of nitrogens with zero attached hydrogens (tertiary/aromatic N) is 3. The normalized spacial score (nSPS) is 9.07. The molecular weight excluding hydrogens is 198 g/mol. The molecule has 1 heterocycles. The molecule has 0 spiro atoms. The molecule has 15 heavy (non-hydrogen) atoms. The maximum atomic E-state index is 10.5. The van der Waals surface area contributed by atoms with Gasteiger partial charge < -0.3 is 4.74 Å². The van der Waals surface area contributed by atoms with Gasteiger partial charge in [-0.2, -0.15) is 5.26 Å². The highest BCUT2D eigenvalue weighted by Crippen LogP contribution is 2.23. The average Bonchev–Trinajstić information content (AvgIpc) is 2.28. The fourth-order valence-corrected chi connectivity index (χ4v) is 0.986. The van der Waals surface area contributed by atoms with Gasteiger partial charge in [0.15, 0.2) is 6.29 Å². The molecule has 1 aromatic heterocycles. The van der Waals surface area contributed by atoms with Crippen LogP contribution in [0.4, 0.5) is 5.69 Å². The van der Waals surface area contributed by atoms with Crippen molar-refractivity contribution in [2.75, 3.05) is 6.61 Å². The molecule has 0 N–H and O–H groups in total. The molecule has 0 amide bonds. The van der Waals surface area contributed by atoms with E-state index in [0.717, 1.165) is 0 Å². The lowest BCUT2D eigenvalue weighted by molar-refractivity contribution is 0.111. The Balaban J connectivity index is 3.35. The fourth-order valence-electron chi connectivity index (χ4n) is 0.986. The van der Waals surface area contributed by atoms with Crippen LogP contribution >= 0.6 is 0 Å². The van der Waals surface area contributed by atoms with Gasteiger partial charge in [-0.05, 0) is 18.2 Å². The van der Waals surface area contributed by atoms with Gasteiger partial charge in [0.1, 0.15) is 23.0 Å². The summed E-state index contributed by atoms with van der Waals surface area (Å²) in [5.74, 6) is 0.0366. The van der Waals surface area contributed by atoms with E-state index in [1.807, 2.05) is 0 Å². The van der Waals surface area contributed by atoms with E-state index < -0.39 is 0 Å². The Labute approximate surface area is 85.5 Å². The molecular formula is C9H7N3O3. The van der Waals surface area contributed by atoms with Gasteiger partial charge in [-0.25, -0.2) is 4.98 Å². The van der Waals surface area contributed by atoms with Crippen molar-refractivity contribution < 1.29 is 9.53 Å². The first-order chi connectivity index (χ1) is 7.26. The number of hydrogen-bond acceptors (Lipinski definition) is 6. The number of nitriles is 1. The van der Waals surface area contributed by atoms with E-state index in [9.17, 15) is 9.70 Å². The van der Waals surface area contributed by atoms with E-state index in [0.29, 0.717) is 12.9 Å². The zero-order chi connectivity index (χ0) is 11.3. The summed E-state index contributed by atoms with van der Waals surface area (Å²) in [5, 5.41) is 11.3. The van der Waals surface area contributed by atoms with Gasteiger partial charge in [0, 0.05) is 0 Å². The second-order valence-electron chi connectivity index (χ2n) is 2.50.